The van der Waals surface area contributed by atoms with E-state index in [-0.39, 0.29) is 42.0 Å². The summed E-state index contributed by atoms with van der Waals surface area (Å²) in [5, 5.41) is 5.21. The Bertz CT molecular complexity index is 1100. The van der Waals surface area contributed by atoms with Gasteiger partial charge in [0.25, 0.3) is 0 Å². The Morgan fingerprint density at radius 2 is 1.97 bits per heavy atom. The number of morpholine rings is 1. The van der Waals surface area contributed by atoms with Crippen LogP contribution in [0, 0.1) is 11.6 Å². The van der Waals surface area contributed by atoms with Gasteiger partial charge in [-0.15, -0.1) is 0 Å². The van der Waals surface area contributed by atoms with Crippen molar-refractivity contribution in [2.75, 3.05) is 43.5 Å². The van der Waals surface area contributed by atoms with Crippen LogP contribution >= 0.6 is 0 Å². The van der Waals surface area contributed by atoms with E-state index in [0.29, 0.717) is 32.4 Å². The number of anilines is 2. The average Bonchev–Trinajstić information content (AvgIpc) is 2.83. The van der Waals surface area contributed by atoms with Crippen LogP contribution in [-0.2, 0) is 22.3 Å². The molecule has 1 aliphatic rings. The van der Waals surface area contributed by atoms with Crippen LogP contribution in [0.1, 0.15) is 11.1 Å². The van der Waals surface area contributed by atoms with Crippen molar-refractivity contribution in [3.63, 3.8) is 0 Å². The van der Waals surface area contributed by atoms with Crippen molar-refractivity contribution in [3.05, 3.63) is 59.1 Å². The molecule has 1 fully saturated rings. The molecule has 0 atom stereocenters. The summed E-state index contributed by atoms with van der Waals surface area (Å²) in [5.41, 5.74) is 4.52. The molecule has 9 nitrogen and oxygen atoms in total. The third kappa shape index (κ3) is 7.60. The molecule has 0 spiro atoms. The molecule has 1 aliphatic heterocycles. The van der Waals surface area contributed by atoms with E-state index < -0.39 is 23.4 Å². The molecule has 3 rings (SSSR count). The van der Waals surface area contributed by atoms with E-state index in [4.69, 9.17) is 10.5 Å². The summed E-state index contributed by atoms with van der Waals surface area (Å²) in [4.78, 5) is 25.4. The predicted octanol–water partition coefficient (Wildman–Crippen LogP) is 2.53. The molecular weight excluding hydrogens is 477 g/mol. The Balaban J connectivity index is 1.62. The summed E-state index contributed by atoms with van der Waals surface area (Å²) in [6.45, 7) is 1.44. The number of alkyl halides is 3. The van der Waals surface area contributed by atoms with E-state index in [1.807, 2.05) is 0 Å². The monoisotopic (exact) mass is 499 g/mol. The number of allylic oxidation sites excluding steroid dienone is 1. The van der Waals surface area contributed by atoms with Crippen molar-refractivity contribution in [3.8, 4) is 0 Å². The van der Waals surface area contributed by atoms with Gasteiger partial charge >= 0.3 is 6.18 Å². The molecule has 188 valence electrons. The van der Waals surface area contributed by atoms with Crippen LogP contribution < -0.4 is 16.4 Å². The summed E-state index contributed by atoms with van der Waals surface area (Å²) in [6, 6.07) is 2.01. The zero-order chi connectivity index (χ0) is 25.4. The van der Waals surface area contributed by atoms with Gasteiger partial charge < -0.3 is 26.0 Å². The van der Waals surface area contributed by atoms with Gasteiger partial charge in [0, 0.05) is 32.0 Å². The lowest BCUT2D eigenvalue weighted by Gasteiger charge is -2.26. The fourth-order valence-electron chi connectivity index (χ4n) is 3.03. The van der Waals surface area contributed by atoms with Crippen molar-refractivity contribution in [1.82, 2.24) is 14.9 Å². The third-order valence-electron chi connectivity index (χ3n) is 4.75. The molecule has 2 heterocycles. The highest BCUT2D eigenvalue weighted by Gasteiger charge is 2.31. The number of amides is 1. The van der Waals surface area contributed by atoms with Gasteiger partial charge in [-0.25, -0.2) is 13.8 Å². The number of benzene rings is 1. The summed E-state index contributed by atoms with van der Waals surface area (Å²) in [6.07, 6.45) is -1.48. The smallest absolute Gasteiger partial charge is 0.403 e. The fraction of sp³-hybridized carbons (Fsp3) is 0.333. The lowest BCUT2D eigenvalue weighted by Crippen LogP contribution is -2.41. The lowest BCUT2D eigenvalue weighted by molar-refractivity contribution is -0.138. The second-order valence-corrected chi connectivity index (χ2v) is 7.30. The van der Waals surface area contributed by atoms with Crippen LogP contribution in [0.3, 0.4) is 0 Å². The highest BCUT2D eigenvalue weighted by molar-refractivity contribution is 5.85. The van der Waals surface area contributed by atoms with Crippen molar-refractivity contribution in [2.45, 2.75) is 12.7 Å². The normalized spacial score (nSPS) is 14.9. The van der Waals surface area contributed by atoms with Crippen LogP contribution in [0.15, 0.2) is 41.3 Å². The van der Waals surface area contributed by atoms with Crippen LogP contribution in [-0.4, -0.2) is 59.8 Å². The second-order valence-electron chi connectivity index (χ2n) is 7.30. The topological polar surface area (TPSA) is 118 Å². The molecular formula is C21H22F5N7O2. The summed E-state index contributed by atoms with van der Waals surface area (Å²) in [7, 11) is 0. The number of ether oxygens (including phenoxy) is 1. The SMILES string of the molecule is NC=C(C=NCC(=O)N1CCOCC1)Nc1ncc(F)c(NCc2cc(F)cc(C(F)(F)F)c2)n1. The summed E-state index contributed by atoms with van der Waals surface area (Å²) < 4.78 is 71.5. The molecule has 2 aromatic rings. The first-order valence-corrected chi connectivity index (χ1v) is 10.3. The molecule has 1 aromatic heterocycles. The Hall–Kier alpha value is -3.81. The first kappa shape index (κ1) is 25.8. The minimum Gasteiger partial charge on any atom is -0.403 e. The Morgan fingerprint density at radius 3 is 2.66 bits per heavy atom. The molecule has 35 heavy (non-hydrogen) atoms. The number of carbonyl (C=O) groups is 1. The first-order chi connectivity index (χ1) is 16.7. The zero-order valence-corrected chi connectivity index (χ0v) is 18.3. The Labute approximate surface area is 196 Å². The molecule has 1 saturated heterocycles. The minimum atomic E-state index is -4.73. The molecule has 0 saturated carbocycles. The number of nitrogens with two attached hydrogens (primary N) is 1. The molecule has 0 radical (unpaired) electrons. The fourth-order valence-corrected chi connectivity index (χ4v) is 3.03. The molecule has 0 bridgehead atoms. The summed E-state index contributed by atoms with van der Waals surface area (Å²) >= 11 is 0. The number of aliphatic imine (C=N–C) groups is 1. The average molecular weight is 499 g/mol. The standard InChI is InChI=1S/C21H22F5N7O2/c22-15-6-13(5-14(7-15)21(24,25)26)9-29-19-17(23)11-30-20(32-19)31-16(8-27)10-28-12-18(34)33-1-3-35-4-2-33/h5-8,10-11H,1-4,9,12,27H2,(H2,29,30,31,32). The van der Waals surface area contributed by atoms with Gasteiger partial charge in [-0.2, -0.15) is 18.2 Å². The highest BCUT2D eigenvalue weighted by atomic mass is 19.4. The maximum atomic E-state index is 14.1. The highest BCUT2D eigenvalue weighted by Crippen LogP contribution is 2.30. The number of hydrogen-bond donors (Lipinski definition) is 3. The van der Waals surface area contributed by atoms with Crippen molar-refractivity contribution >= 4 is 23.9 Å². The minimum absolute atomic E-state index is 0.0653. The van der Waals surface area contributed by atoms with Crippen LogP contribution in [0.5, 0.6) is 0 Å². The van der Waals surface area contributed by atoms with Gasteiger partial charge in [0.2, 0.25) is 11.9 Å². The molecule has 1 amide bonds. The largest absolute Gasteiger partial charge is 0.416 e. The number of nitrogens with zero attached hydrogens (tertiary/aromatic N) is 4. The van der Waals surface area contributed by atoms with Crippen LogP contribution in [0.25, 0.3) is 0 Å². The van der Waals surface area contributed by atoms with Crippen molar-refractivity contribution < 1.29 is 31.5 Å². The number of nitrogens with one attached hydrogen (secondary N) is 2. The number of halogens is 5. The molecule has 0 unspecified atom stereocenters. The maximum Gasteiger partial charge on any atom is 0.416 e. The number of rotatable bonds is 8. The van der Waals surface area contributed by atoms with Gasteiger partial charge in [-0.05, 0) is 23.8 Å². The van der Waals surface area contributed by atoms with Gasteiger partial charge in [0.15, 0.2) is 11.6 Å². The van der Waals surface area contributed by atoms with E-state index in [1.54, 1.807) is 4.90 Å². The van der Waals surface area contributed by atoms with Crippen LogP contribution in [0.2, 0.25) is 0 Å². The van der Waals surface area contributed by atoms with Gasteiger partial charge in [0.1, 0.15) is 12.4 Å². The lowest BCUT2D eigenvalue weighted by atomic mass is 10.1. The number of aromatic nitrogens is 2. The Morgan fingerprint density at radius 1 is 1.23 bits per heavy atom. The number of carbonyl (C=O) groups excluding carboxylic acids is 1. The van der Waals surface area contributed by atoms with Gasteiger partial charge in [-0.3, -0.25) is 9.79 Å². The first-order valence-electron chi connectivity index (χ1n) is 10.3. The van der Waals surface area contributed by atoms with E-state index in [2.05, 4.69) is 25.6 Å². The van der Waals surface area contributed by atoms with Gasteiger partial charge in [0.05, 0.1) is 30.7 Å². The second kappa shape index (κ2) is 11.6. The molecule has 4 N–H and O–H groups in total. The van der Waals surface area contributed by atoms with E-state index in [9.17, 15) is 26.7 Å². The Kier molecular flexibility index (Phi) is 8.52. The van der Waals surface area contributed by atoms with E-state index in [1.165, 1.54) is 6.21 Å². The van der Waals surface area contributed by atoms with Crippen molar-refractivity contribution in [1.29, 1.82) is 0 Å². The molecule has 0 aliphatic carbocycles. The molecule has 14 heteroatoms. The van der Waals surface area contributed by atoms with E-state index in [0.717, 1.165) is 24.5 Å². The summed E-state index contributed by atoms with van der Waals surface area (Å²) in [5.74, 6) is -2.59. The molecule has 1 aromatic carbocycles. The quantitative estimate of drug-likeness (QED) is 0.377. The number of hydrogen-bond acceptors (Lipinski definition) is 8. The van der Waals surface area contributed by atoms with E-state index >= 15 is 0 Å². The van der Waals surface area contributed by atoms with Crippen LogP contribution in [0.4, 0.5) is 33.7 Å². The van der Waals surface area contributed by atoms with Crippen molar-refractivity contribution in [2.24, 2.45) is 10.7 Å². The zero-order valence-electron chi connectivity index (χ0n) is 18.3. The predicted molar refractivity (Wildman–Crippen MR) is 117 cm³/mol. The maximum absolute atomic E-state index is 14.1. The van der Waals surface area contributed by atoms with Gasteiger partial charge in [-0.1, -0.05) is 0 Å². The third-order valence-corrected chi connectivity index (χ3v) is 4.75.